The van der Waals surface area contributed by atoms with Gasteiger partial charge in [-0.05, 0) is 30.2 Å². The van der Waals surface area contributed by atoms with E-state index >= 15 is 0 Å². The van der Waals surface area contributed by atoms with Crippen molar-refractivity contribution in [2.45, 2.75) is 18.6 Å². The monoisotopic (exact) mass is 302 g/mol. The van der Waals surface area contributed by atoms with Gasteiger partial charge in [-0.15, -0.1) is 6.58 Å². The predicted octanol–water partition coefficient (Wildman–Crippen LogP) is 3.37. The molecule has 1 saturated heterocycles. The van der Waals surface area contributed by atoms with Gasteiger partial charge in [-0.3, -0.25) is 4.90 Å². The lowest BCUT2D eigenvalue weighted by atomic mass is 9.98. The Morgan fingerprint density at radius 1 is 1.24 bits per heavy atom. The molecule has 6 heteroatoms. The molecule has 2 nitrogen and oxygen atoms in total. The van der Waals surface area contributed by atoms with Crippen molar-refractivity contribution in [1.82, 2.24) is 10.2 Å². The van der Waals surface area contributed by atoms with Gasteiger partial charge < -0.3 is 5.32 Å². The molecule has 1 aliphatic rings. The molecule has 0 amide bonds. The van der Waals surface area contributed by atoms with Crippen LogP contribution in [0.4, 0.5) is 17.6 Å². The van der Waals surface area contributed by atoms with E-state index in [1.54, 1.807) is 6.08 Å². The third-order valence-electron chi connectivity index (χ3n) is 3.61. The van der Waals surface area contributed by atoms with Crippen LogP contribution in [0.25, 0.3) is 0 Å². The lowest BCUT2D eigenvalue weighted by Gasteiger charge is -2.35. The normalized spacial score (nSPS) is 18.5. The summed E-state index contributed by atoms with van der Waals surface area (Å²) in [7, 11) is 0. The SMILES string of the molecule is C=CC[C@@H](c1cc(F)cc(C(F)(F)F)c1)N1CCNCC1. The third-order valence-corrected chi connectivity index (χ3v) is 3.61. The van der Waals surface area contributed by atoms with Crippen LogP contribution in [0, 0.1) is 5.82 Å². The molecule has 21 heavy (non-hydrogen) atoms. The maximum atomic E-state index is 13.6. The number of hydrogen-bond donors (Lipinski definition) is 1. The van der Waals surface area contributed by atoms with Crippen LogP contribution >= 0.6 is 0 Å². The topological polar surface area (TPSA) is 15.3 Å². The predicted molar refractivity (Wildman–Crippen MR) is 73.4 cm³/mol. The quantitative estimate of drug-likeness (QED) is 0.677. The van der Waals surface area contributed by atoms with Gasteiger partial charge in [-0.1, -0.05) is 6.08 Å². The number of alkyl halides is 3. The number of nitrogens with one attached hydrogen (secondary N) is 1. The van der Waals surface area contributed by atoms with Crippen molar-refractivity contribution < 1.29 is 17.6 Å². The van der Waals surface area contributed by atoms with E-state index in [0.717, 1.165) is 32.2 Å². The van der Waals surface area contributed by atoms with Gasteiger partial charge in [0, 0.05) is 32.2 Å². The Balaban J connectivity index is 2.35. The first-order valence-electron chi connectivity index (χ1n) is 6.85. The maximum Gasteiger partial charge on any atom is 0.416 e. The first kappa shape index (κ1) is 16.0. The lowest BCUT2D eigenvalue weighted by Crippen LogP contribution is -2.45. The van der Waals surface area contributed by atoms with E-state index in [4.69, 9.17) is 0 Å². The molecule has 1 fully saturated rings. The average Bonchev–Trinajstić information content (AvgIpc) is 2.44. The van der Waals surface area contributed by atoms with Gasteiger partial charge >= 0.3 is 6.18 Å². The molecular formula is C15H18F4N2. The van der Waals surface area contributed by atoms with E-state index in [1.807, 2.05) is 0 Å². The summed E-state index contributed by atoms with van der Waals surface area (Å²) in [5.41, 5.74) is -0.592. The summed E-state index contributed by atoms with van der Waals surface area (Å²) < 4.78 is 52.1. The Hall–Kier alpha value is -1.40. The molecule has 1 aromatic carbocycles. The Labute approximate surface area is 121 Å². The first-order chi connectivity index (χ1) is 9.91. The smallest absolute Gasteiger partial charge is 0.314 e. The highest BCUT2D eigenvalue weighted by Crippen LogP contribution is 2.34. The average molecular weight is 302 g/mol. The minimum absolute atomic E-state index is 0.276. The zero-order valence-corrected chi connectivity index (χ0v) is 11.6. The van der Waals surface area contributed by atoms with Crippen molar-refractivity contribution in [3.8, 4) is 0 Å². The van der Waals surface area contributed by atoms with Crippen molar-refractivity contribution in [3.05, 3.63) is 47.8 Å². The highest BCUT2D eigenvalue weighted by atomic mass is 19.4. The number of benzene rings is 1. The van der Waals surface area contributed by atoms with E-state index < -0.39 is 17.6 Å². The summed E-state index contributed by atoms with van der Waals surface area (Å²) in [5, 5.41) is 3.19. The molecule has 1 aromatic rings. The Bertz CT molecular complexity index is 493. The second-order valence-electron chi connectivity index (χ2n) is 5.10. The van der Waals surface area contributed by atoms with Crippen LogP contribution in [0.2, 0.25) is 0 Å². The van der Waals surface area contributed by atoms with E-state index in [1.165, 1.54) is 6.07 Å². The zero-order valence-electron chi connectivity index (χ0n) is 11.6. The summed E-state index contributed by atoms with van der Waals surface area (Å²) in [6.45, 7) is 6.64. The van der Waals surface area contributed by atoms with Gasteiger partial charge in [-0.2, -0.15) is 13.2 Å². The summed E-state index contributed by atoms with van der Waals surface area (Å²) in [5.74, 6) is -0.857. The number of rotatable bonds is 4. The van der Waals surface area contributed by atoms with Gasteiger partial charge in [0.15, 0.2) is 0 Å². The summed E-state index contributed by atoms with van der Waals surface area (Å²) in [4.78, 5) is 2.06. The van der Waals surface area contributed by atoms with Crippen LogP contribution in [0.15, 0.2) is 30.9 Å². The van der Waals surface area contributed by atoms with E-state index in [0.29, 0.717) is 18.1 Å². The van der Waals surface area contributed by atoms with Crippen molar-refractivity contribution in [2.24, 2.45) is 0 Å². The highest BCUT2D eigenvalue weighted by molar-refractivity contribution is 5.29. The molecule has 0 bridgehead atoms. The van der Waals surface area contributed by atoms with Crippen LogP contribution in [0.5, 0.6) is 0 Å². The minimum atomic E-state index is -4.54. The summed E-state index contributed by atoms with van der Waals surface area (Å²) in [6.07, 6.45) is -2.40. The van der Waals surface area contributed by atoms with Crippen LogP contribution in [0.1, 0.15) is 23.6 Å². The Kier molecular flexibility index (Phi) is 5.00. The molecule has 0 aliphatic carbocycles. The van der Waals surface area contributed by atoms with Crippen LogP contribution < -0.4 is 5.32 Å². The fourth-order valence-electron chi connectivity index (χ4n) is 2.62. The van der Waals surface area contributed by atoms with Crippen molar-refractivity contribution in [3.63, 3.8) is 0 Å². The molecule has 2 rings (SSSR count). The molecule has 0 saturated carbocycles. The number of nitrogens with zero attached hydrogens (tertiary/aromatic N) is 1. The van der Waals surface area contributed by atoms with Gasteiger partial charge in [0.05, 0.1) is 5.56 Å². The summed E-state index contributed by atoms with van der Waals surface area (Å²) >= 11 is 0. The van der Waals surface area contributed by atoms with Gasteiger partial charge in [0.25, 0.3) is 0 Å². The van der Waals surface area contributed by atoms with Crippen molar-refractivity contribution in [1.29, 1.82) is 0 Å². The fraction of sp³-hybridized carbons (Fsp3) is 0.467. The van der Waals surface area contributed by atoms with E-state index in [-0.39, 0.29) is 6.04 Å². The molecule has 116 valence electrons. The molecule has 0 aromatic heterocycles. The first-order valence-corrected chi connectivity index (χ1v) is 6.85. The lowest BCUT2D eigenvalue weighted by molar-refractivity contribution is -0.137. The second-order valence-corrected chi connectivity index (χ2v) is 5.10. The minimum Gasteiger partial charge on any atom is -0.314 e. The molecule has 1 N–H and O–H groups in total. The number of piperazine rings is 1. The molecular weight excluding hydrogens is 284 g/mol. The van der Waals surface area contributed by atoms with E-state index in [9.17, 15) is 17.6 Å². The summed E-state index contributed by atoms with van der Waals surface area (Å²) in [6, 6.07) is 2.48. The van der Waals surface area contributed by atoms with Crippen molar-refractivity contribution >= 4 is 0 Å². The van der Waals surface area contributed by atoms with Crippen molar-refractivity contribution in [2.75, 3.05) is 26.2 Å². The molecule has 0 unspecified atom stereocenters. The van der Waals surface area contributed by atoms with Crippen LogP contribution in [-0.2, 0) is 6.18 Å². The molecule has 1 atom stereocenters. The number of halogens is 4. The molecule has 0 spiro atoms. The van der Waals surface area contributed by atoms with Gasteiger partial charge in [0.2, 0.25) is 0 Å². The zero-order chi connectivity index (χ0) is 15.5. The third kappa shape index (κ3) is 4.04. The largest absolute Gasteiger partial charge is 0.416 e. The standard InChI is InChI=1S/C15H18F4N2/c1-2-3-14(21-6-4-20-5-7-21)11-8-12(15(17,18)19)10-13(16)9-11/h2,8-10,14,20H,1,3-7H2/t14-/m0/s1. The number of hydrogen-bond acceptors (Lipinski definition) is 2. The Morgan fingerprint density at radius 3 is 2.48 bits per heavy atom. The Morgan fingerprint density at radius 2 is 1.90 bits per heavy atom. The molecule has 1 aliphatic heterocycles. The fourth-order valence-corrected chi connectivity index (χ4v) is 2.62. The highest BCUT2D eigenvalue weighted by Gasteiger charge is 2.32. The van der Waals surface area contributed by atoms with Crippen LogP contribution in [-0.4, -0.2) is 31.1 Å². The van der Waals surface area contributed by atoms with Gasteiger partial charge in [-0.25, -0.2) is 4.39 Å². The second kappa shape index (κ2) is 6.58. The van der Waals surface area contributed by atoms with Crippen LogP contribution in [0.3, 0.4) is 0 Å². The molecule has 0 radical (unpaired) electrons. The maximum absolute atomic E-state index is 13.6. The molecule has 1 heterocycles. The van der Waals surface area contributed by atoms with Gasteiger partial charge in [0.1, 0.15) is 5.82 Å². The van der Waals surface area contributed by atoms with E-state index in [2.05, 4.69) is 16.8 Å².